The third-order valence-electron chi connectivity index (χ3n) is 1.78. The molecule has 0 saturated carbocycles. The van der Waals surface area contributed by atoms with Crippen molar-refractivity contribution in [3.63, 3.8) is 0 Å². The van der Waals surface area contributed by atoms with Crippen molar-refractivity contribution in [1.82, 2.24) is 9.97 Å². The average Bonchev–Trinajstić information content (AvgIpc) is 2.09. The van der Waals surface area contributed by atoms with E-state index in [4.69, 9.17) is 17.2 Å². The van der Waals surface area contributed by atoms with Crippen LogP contribution < -0.4 is 17.2 Å². The maximum atomic E-state index is 5.68. The molecule has 13 heavy (non-hydrogen) atoms. The predicted octanol–water partition coefficient (Wildman–Crippen LogP) is 0.376. The second-order valence-electron chi connectivity index (χ2n) is 2.71. The highest BCUT2D eigenvalue weighted by atomic mass is 15.0. The van der Waals surface area contributed by atoms with E-state index in [-0.39, 0.29) is 11.6 Å². The third-order valence-corrected chi connectivity index (χ3v) is 1.78. The van der Waals surface area contributed by atoms with Gasteiger partial charge in [-0.2, -0.15) is 0 Å². The smallest absolute Gasteiger partial charge is 0.167 e. The lowest BCUT2D eigenvalue weighted by atomic mass is 10.2. The van der Waals surface area contributed by atoms with E-state index >= 15 is 0 Å². The molecule has 0 radical (unpaired) electrons. The topological polar surface area (TPSA) is 104 Å². The van der Waals surface area contributed by atoms with E-state index in [1.807, 2.05) is 0 Å². The van der Waals surface area contributed by atoms with E-state index in [0.717, 1.165) is 0 Å². The first-order valence-corrected chi connectivity index (χ1v) is 3.75. The number of rotatable bonds is 0. The summed E-state index contributed by atoms with van der Waals surface area (Å²) in [6, 6.07) is 5.32. The van der Waals surface area contributed by atoms with E-state index in [0.29, 0.717) is 16.7 Å². The molecule has 1 heterocycles. The summed E-state index contributed by atoms with van der Waals surface area (Å²) in [4.78, 5) is 8.09. The van der Waals surface area contributed by atoms with Gasteiger partial charge in [0.05, 0.1) is 11.2 Å². The van der Waals surface area contributed by atoms with Crippen molar-refractivity contribution in [2.24, 2.45) is 0 Å². The average molecular weight is 175 g/mol. The first-order chi connectivity index (χ1) is 6.18. The fourth-order valence-corrected chi connectivity index (χ4v) is 1.13. The monoisotopic (exact) mass is 175 g/mol. The van der Waals surface area contributed by atoms with Crippen LogP contribution in [0.1, 0.15) is 0 Å². The Kier molecular flexibility index (Phi) is 1.45. The highest BCUT2D eigenvalue weighted by Gasteiger charge is 2.03. The Labute approximate surface area is 74.6 Å². The zero-order chi connectivity index (χ0) is 9.42. The van der Waals surface area contributed by atoms with E-state index in [1.165, 1.54) is 0 Å². The van der Waals surface area contributed by atoms with Gasteiger partial charge in [-0.15, -0.1) is 0 Å². The normalized spacial score (nSPS) is 10.5. The van der Waals surface area contributed by atoms with Crippen LogP contribution in [0.15, 0.2) is 18.2 Å². The molecule has 0 spiro atoms. The molecule has 0 unspecified atom stereocenters. The molecule has 0 saturated heterocycles. The maximum absolute atomic E-state index is 5.68. The molecule has 0 atom stereocenters. The van der Waals surface area contributed by atoms with Gasteiger partial charge in [0.2, 0.25) is 0 Å². The molecular weight excluding hydrogens is 166 g/mol. The van der Waals surface area contributed by atoms with E-state index in [9.17, 15) is 0 Å². The quantitative estimate of drug-likeness (QED) is 0.502. The number of hydrogen-bond donors (Lipinski definition) is 3. The number of anilines is 3. The molecular formula is C8H9N5. The number of para-hydroxylation sites is 1. The van der Waals surface area contributed by atoms with Gasteiger partial charge >= 0.3 is 0 Å². The van der Waals surface area contributed by atoms with Crippen molar-refractivity contribution in [2.45, 2.75) is 0 Å². The summed E-state index contributed by atoms with van der Waals surface area (Å²) in [7, 11) is 0. The summed E-state index contributed by atoms with van der Waals surface area (Å²) < 4.78 is 0. The largest absolute Gasteiger partial charge is 0.397 e. The Bertz CT molecular complexity index is 465. The molecule has 6 N–H and O–H groups in total. The van der Waals surface area contributed by atoms with Crippen LogP contribution in [0.2, 0.25) is 0 Å². The van der Waals surface area contributed by atoms with Crippen LogP contribution in [0.5, 0.6) is 0 Å². The first kappa shape index (κ1) is 7.60. The van der Waals surface area contributed by atoms with Gasteiger partial charge in [0.15, 0.2) is 11.6 Å². The van der Waals surface area contributed by atoms with Crippen molar-refractivity contribution in [3.05, 3.63) is 18.2 Å². The van der Waals surface area contributed by atoms with Crippen molar-refractivity contribution < 1.29 is 0 Å². The highest BCUT2D eigenvalue weighted by molar-refractivity contribution is 5.88. The molecule has 0 aliphatic rings. The van der Waals surface area contributed by atoms with Crippen molar-refractivity contribution in [2.75, 3.05) is 17.2 Å². The fraction of sp³-hybridized carbons (Fsp3) is 0. The minimum atomic E-state index is 0.213. The summed E-state index contributed by atoms with van der Waals surface area (Å²) in [6.45, 7) is 0. The molecule has 2 rings (SSSR count). The molecule has 0 fully saturated rings. The Hall–Kier alpha value is -2.04. The molecule has 0 amide bonds. The molecule has 1 aromatic heterocycles. The van der Waals surface area contributed by atoms with Crippen LogP contribution in [0.25, 0.3) is 11.0 Å². The van der Waals surface area contributed by atoms with Gasteiger partial charge in [-0.3, -0.25) is 0 Å². The third kappa shape index (κ3) is 1.10. The van der Waals surface area contributed by atoms with Gasteiger partial charge < -0.3 is 17.2 Å². The lowest BCUT2D eigenvalue weighted by Crippen LogP contribution is -2.02. The van der Waals surface area contributed by atoms with Crippen LogP contribution in [0.4, 0.5) is 17.3 Å². The Morgan fingerprint density at radius 1 is 0.923 bits per heavy atom. The fourth-order valence-electron chi connectivity index (χ4n) is 1.13. The van der Waals surface area contributed by atoms with Gasteiger partial charge in [-0.05, 0) is 12.1 Å². The number of aromatic nitrogens is 2. The number of fused-ring (bicyclic) bond motifs is 1. The highest BCUT2D eigenvalue weighted by Crippen LogP contribution is 2.20. The molecule has 66 valence electrons. The second-order valence-corrected chi connectivity index (χ2v) is 2.71. The summed E-state index contributed by atoms with van der Waals surface area (Å²) in [6.07, 6.45) is 0. The van der Waals surface area contributed by atoms with Gasteiger partial charge in [0.25, 0.3) is 0 Å². The Balaban J connectivity index is 2.89. The predicted molar refractivity (Wildman–Crippen MR) is 52.8 cm³/mol. The van der Waals surface area contributed by atoms with Crippen LogP contribution in [0.3, 0.4) is 0 Å². The number of nitrogens with zero attached hydrogens (tertiary/aromatic N) is 2. The maximum Gasteiger partial charge on any atom is 0.167 e. The van der Waals surface area contributed by atoms with Gasteiger partial charge in [-0.25, -0.2) is 9.97 Å². The number of nitrogen functional groups attached to an aromatic ring is 3. The van der Waals surface area contributed by atoms with Crippen molar-refractivity contribution in [3.8, 4) is 0 Å². The SMILES string of the molecule is Nc1nc2cccc(N)c2nc1N. The van der Waals surface area contributed by atoms with E-state index in [2.05, 4.69) is 9.97 Å². The second kappa shape index (κ2) is 2.48. The first-order valence-electron chi connectivity index (χ1n) is 3.75. The van der Waals surface area contributed by atoms with Crippen LogP contribution in [-0.2, 0) is 0 Å². The lowest BCUT2D eigenvalue weighted by molar-refractivity contribution is 1.31. The zero-order valence-electron chi connectivity index (χ0n) is 6.86. The molecule has 0 bridgehead atoms. The van der Waals surface area contributed by atoms with Gasteiger partial charge in [-0.1, -0.05) is 6.07 Å². The number of hydrogen-bond acceptors (Lipinski definition) is 5. The number of nitrogens with two attached hydrogens (primary N) is 3. The van der Waals surface area contributed by atoms with Crippen LogP contribution in [-0.4, -0.2) is 9.97 Å². The zero-order valence-corrected chi connectivity index (χ0v) is 6.86. The van der Waals surface area contributed by atoms with Crippen LogP contribution in [0, 0.1) is 0 Å². The minimum Gasteiger partial charge on any atom is -0.397 e. The Morgan fingerprint density at radius 3 is 2.38 bits per heavy atom. The summed E-state index contributed by atoms with van der Waals surface area (Å²) >= 11 is 0. The lowest BCUT2D eigenvalue weighted by Gasteiger charge is -2.03. The summed E-state index contributed by atoms with van der Waals surface area (Å²) in [5.41, 5.74) is 18.5. The molecule has 1 aromatic carbocycles. The molecule has 2 aromatic rings. The van der Waals surface area contributed by atoms with Crippen molar-refractivity contribution >= 4 is 28.4 Å². The molecule has 0 aliphatic heterocycles. The van der Waals surface area contributed by atoms with E-state index in [1.54, 1.807) is 18.2 Å². The Morgan fingerprint density at radius 2 is 1.62 bits per heavy atom. The van der Waals surface area contributed by atoms with Crippen molar-refractivity contribution in [1.29, 1.82) is 0 Å². The van der Waals surface area contributed by atoms with Gasteiger partial charge in [0.1, 0.15) is 5.52 Å². The molecule has 5 nitrogen and oxygen atoms in total. The molecule has 0 aliphatic carbocycles. The number of benzene rings is 1. The minimum absolute atomic E-state index is 0.213. The van der Waals surface area contributed by atoms with Crippen LogP contribution >= 0.6 is 0 Å². The summed E-state index contributed by atoms with van der Waals surface area (Å²) in [5.74, 6) is 0.448. The standard InChI is InChI=1S/C8H9N5/c9-4-2-1-3-5-6(4)13-8(11)7(10)12-5/h1-3H,9H2,(H2,10,12)(H2,11,13). The molecule has 5 heteroatoms. The van der Waals surface area contributed by atoms with E-state index < -0.39 is 0 Å². The summed E-state index contributed by atoms with van der Waals surface area (Å²) in [5, 5.41) is 0. The van der Waals surface area contributed by atoms with Gasteiger partial charge in [0, 0.05) is 0 Å².